The molecule has 0 atom stereocenters. The van der Waals surface area contributed by atoms with E-state index >= 15 is 0 Å². The fourth-order valence-electron chi connectivity index (χ4n) is 2.70. The van der Waals surface area contributed by atoms with E-state index in [0.717, 1.165) is 36.2 Å². The Morgan fingerprint density at radius 1 is 1.21 bits per heavy atom. The van der Waals surface area contributed by atoms with E-state index in [1.54, 1.807) is 11.3 Å². The number of carbonyl (C=O) groups excluding carboxylic acids is 1. The third kappa shape index (κ3) is 2.43. The van der Waals surface area contributed by atoms with Crippen molar-refractivity contribution >= 4 is 17.2 Å². The second-order valence-corrected chi connectivity index (χ2v) is 6.22. The van der Waals surface area contributed by atoms with Crippen molar-refractivity contribution in [3.05, 3.63) is 56.8 Å². The molecule has 98 valence electrons. The average molecular weight is 271 g/mol. The van der Waals surface area contributed by atoms with Gasteiger partial charge in [-0.1, -0.05) is 17.2 Å². The number of hydrogen-bond acceptors (Lipinski definition) is 2. The van der Waals surface area contributed by atoms with E-state index < -0.39 is 0 Å². The Morgan fingerprint density at radius 3 is 2.68 bits per heavy atom. The number of hydrogen-bond donors (Lipinski definition) is 0. The zero-order valence-electron chi connectivity index (χ0n) is 11.3. The second kappa shape index (κ2) is 4.82. The van der Waals surface area contributed by atoms with E-state index in [2.05, 4.69) is 17.5 Å². The van der Waals surface area contributed by atoms with Crippen LogP contribution in [0.25, 0.3) is 0 Å². The number of amides is 1. The molecule has 0 saturated carbocycles. The summed E-state index contributed by atoms with van der Waals surface area (Å²) in [4.78, 5) is 16.0. The van der Waals surface area contributed by atoms with Gasteiger partial charge in [0.2, 0.25) is 0 Å². The molecular formula is C16H17NOS. The molecule has 1 amide bonds. The van der Waals surface area contributed by atoms with Crippen molar-refractivity contribution in [1.82, 2.24) is 4.90 Å². The lowest BCUT2D eigenvalue weighted by Gasteiger charge is -2.27. The van der Waals surface area contributed by atoms with Gasteiger partial charge in [-0.25, -0.2) is 0 Å². The molecule has 3 heteroatoms. The summed E-state index contributed by atoms with van der Waals surface area (Å²) in [6, 6.07) is 8.21. The van der Waals surface area contributed by atoms with Crippen LogP contribution >= 0.6 is 11.3 Å². The van der Waals surface area contributed by atoms with Gasteiger partial charge in [-0.05, 0) is 49.4 Å². The second-order valence-electron chi connectivity index (χ2n) is 5.22. The topological polar surface area (TPSA) is 20.3 Å². The van der Waals surface area contributed by atoms with Crippen molar-refractivity contribution in [1.29, 1.82) is 0 Å². The van der Waals surface area contributed by atoms with Crippen LogP contribution in [-0.2, 0) is 13.0 Å². The molecule has 1 aliphatic rings. The highest BCUT2D eigenvalue weighted by molar-refractivity contribution is 7.10. The highest BCUT2D eigenvalue weighted by Crippen LogP contribution is 2.25. The lowest BCUT2D eigenvalue weighted by Crippen LogP contribution is -2.35. The van der Waals surface area contributed by atoms with Crippen LogP contribution in [0.2, 0.25) is 0 Å². The number of benzene rings is 1. The average Bonchev–Trinajstić information content (AvgIpc) is 2.83. The number of fused-ring (bicyclic) bond motifs is 1. The maximum Gasteiger partial charge on any atom is 0.254 e. The zero-order valence-corrected chi connectivity index (χ0v) is 12.1. The van der Waals surface area contributed by atoms with Gasteiger partial charge >= 0.3 is 0 Å². The quantitative estimate of drug-likeness (QED) is 0.776. The Balaban J connectivity index is 1.85. The van der Waals surface area contributed by atoms with Gasteiger partial charge in [-0.2, -0.15) is 0 Å². The normalized spacial score (nSPS) is 14.3. The largest absolute Gasteiger partial charge is 0.334 e. The number of carbonyl (C=O) groups is 1. The summed E-state index contributed by atoms with van der Waals surface area (Å²) >= 11 is 1.80. The van der Waals surface area contributed by atoms with Gasteiger partial charge in [-0.15, -0.1) is 11.3 Å². The van der Waals surface area contributed by atoms with Gasteiger partial charge in [0.25, 0.3) is 5.91 Å². The fraction of sp³-hybridized carbons (Fsp3) is 0.312. The van der Waals surface area contributed by atoms with Gasteiger partial charge in [0, 0.05) is 23.5 Å². The summed E-state index contributed by atoms with van der Waals surface area (Å²) in [5.74, 6) is 0.156. The first-order chi connectivity index (χ1) is 9.13. The van der Waals surface area contributed by atoms with Crippen LogP contribution in [0.15, 0.2) is 29.6 Å². The maximum atomic E-state index is 12.6. The van der Waals surface area contributed by atoms with E-state index in [-0.39, 0.29) is 5.91 Å². The fourth-order valence-corrected chi connectivity index (χ4v) is 3.59. The lowest BCUT2D eigenvalue weighted by molar-refractivity contribution is 0.0735. The first kappa shape index (κ1) is 12.4. The Bertz CT molecular complexity index is 609. The predicted octanol–water partition coefficient (Wildman–Crippen LogP) is 3.56. The number of nitrogens with zero attached hydrogens (tertiary/aromatic N) is 1. The predicted molar refractivity (Wildman–Crippen MR) is 78.7 cm³/mol. The van der Waals surface area contributed by atoms with Crippen molar-refractivity contribution in [3.8, 4) is 0 Å². The van der Waals surface area contributed by atoms with Crippen LogP contribution in [0.5, 0.6) is 0 Å². The molecule has 1 aliphatic heterocycles. The Morgan fingerprint density at radius 2 is 1.95 bits per heavy atom. The maximum absolute atomic E-state index is 12.6. The molecule has 0 unspecified atom stereocenters. The van der Waals surface area contributed by atoms with Crippen LogP contribution in [0, 0.1) is 13.8 Å². The number of rotatable bonds is 1. The third-order valence-corrected chi connectivity index (χ3v) is 4.59. The minimum absolute atomic E-state index is 0.156. The molecular weight excluding hydrogens is 254 g/mol. The van der Waals surface area contributed by atoms with Crippen LogP contribution in [0.4, 0.5) is 0 Å². The van der Waals surface area contributed by atoms with Crippen molar-refractivity contribution in [2.24, 2.45) is 0 Å². The van der Waals surface area contributed by atoms with Gasteiger partial charge in [0.1, 0.15) is 0 Å². The monoisotopic (exact) mass is 271 g/mol. The highest BCUT2D eigenvalue weighted by atomic mass is 32.1. The summed E-state index contributed by atoms with van der Waals surface area (Å²) in [7, 11) is 0. The molecule has 0 radical (unpaired) electrons. The molecule has 19 heavy (non-hydrogen) atoms. The van der Waals surface area contributed by atoms with Crippen LogP contribution in [0.3, 0.4) is 0 Å². The molecule has 1 aromatic carbocycles. The molecule has 1 aromatic heterocycles. The molecule has 0 spiro atoms. The standard InChI is InChI=1S/C16H17NOS/c1-11-7-12(2)9-14(8-11)16(18)17-5-3-15-13(10-17)4-6-19-15/h4,6-9H,3,5,10H2,1-2H3. The Kier molecular flexibility index (Phi) is 3.15. The van der Waals surface area contributed by atoms with Crippen LogP contribution in [-0.4, -0.2) is 17.4 Å². The molecule has 0 fully saturated rings. The van der Waals surface area contributed by atoms with Crippen molar-refractivity contribution in [3.63, 3.8) is 0 Å². The smallest absolute Gasteiger partial charge is 0.254 e. The summed E-state index contributed by atoms with van der Waals surface area (Å²) in [5, 5.41) is 2.12. The van der Waals surface area contributed by atoms with Gasteiger partial charge in [0.15, 0.2) is 0 Å². The molecule has 0 bridgehead atoms. The van der Waals surface area contributed by atoms with E-state index in [1.807, 2.05) is 30.9 Å². The molecule has 2 heterocycles. The van der Waals surface area contributed by atoms with E-state index in [9.17, 15) is 4.79 Å². The first-order valence-electron chi connectivity index (χ1n) is 6.56. The van der Waals surface area contributed by atoms with Gasteiger partial charge in [0.05, 0.1) is 0 Å². The Labute approximate surface area is 117 Å². The van der Waals surface area contributed by atoms with E-state index in [4.69, 9.17) is 0 Å². The van der Waals surface area contributed by atoms with Gasteiger partial charge in [-0.3, -0.25) is 4.79 Å². The van der Waals surface area contributed by atoms with Crippen molar-refractivity contribution in [2.45, 2.75) is 26.8 Å². The first-order valence-corrected chi connectivity index (χ1v) is 7.44. The third-order valence-electron chi connectivity index (χ3n) is 3.56. The molecule has 0 saturated heterocycles. The highest BCUT2D eigenvalue weighted by Gasteiger charge is 2.22. The minimum atomic E-state index is 0.156. The summed E-state index contributed by atoms with van der Waals surface area (Å²) in [5.41, 5.74) is 4.43. The summed E-state index contributed by atoms with van der Waals surface area (Å²) < 4.78 is 0. The summed E-state index contributed by atoms with van der Waals surface area (Å²) in [6.45, 7) is 5.66. The van der Waals surface area contributed by atoms with E-state index in [0.29, 0.717) is 0 Å². The van der Waals surface area contributed by atoms with Crippen molar-refractivity contribution in [2.75, 3.05) is 6.54 Å². The number of thiophene rings is 1. The molecule has 2 nitrogen and oxygen atoms in total. The molecule has 0 aliphatic carbocycles. The molecule has 0 N–H and O–H groups in total. The van der Waals surface area contributed by atoms with Crippen LogP contribution < -0.4 is 0 Å². The zero-order chi connectivity index (χ0) is 13.4. The Hall–Kier alpha value is -1.61. The molecule has 3 rings (SSSR count). The SMILES string of the molecule is Cc1cc(C)cc(C(=O)N2CCc3sccc3C2)c1. The minimum Gasteiger partial charge on any atom is -0.334 e. The lowest BCUT2D eigenvalue weighted by atomic mass is 10.0. The van der Waals surface area contributed by atoms with Gasteiger partial charge < -0.3 is 4.90 Å². The summed E-state index contributed by atoms with van der Waals surface area (Å²) in [6.07, 6.45) is 0.990. The molecule has 2 aromatic rings. The number of aryl methyl sites for hydroxylation is 2. The van der Waals surface area contributed by atoms with Crippen LogP contribution in [0.1, 0.15) is 31.9 Å². The van der Waals surface area contributed by atoms with Crippen molar-refractivity contribution < 1.29 is 4.79 Å². The van der Waals surface area contributed by atoms with E-state index in [1.165, 1.54) is 10.4 Å².